The lowest BCUT2D eigenvalue weighted by atomic mass is 10.1. The highest BCUT2D eigenvalue weighted by atomic mass is 35.5. The Balaban J connectivity index is 1.73. The van der Waals surface area contributed by atoms with Crippen molar-refractivity contribution in [2.45, 2.75) is 19.8 Å². The topological polar surface area (TPSA) is 67.4 Å². The van der Waals surface area contributed by atoms with Gasteiger partial charge in [0.05, 0.1) is 25.1 Å². The first kappa shape index (κ1) is 16.3. The lowest BCUT2D eigenvalue weighted by Gasteiger charge is -2.11. The van der Waals surface area contributed by atoms with E-state index in [0.29, 0.717) is 35.2 Å². The minimum absolute atomic E-state index is 0.0927. The minimum atomic E-state index is -0.152. The number of fused-ring (bicyclic) bond motifs is 1. The van der Waals surface area contributed by atoms with E-state index in [4.69, 9.17) is 16.3 Å². The van der Waals surface area contributed by atoms with E-state index in [0.717, 1.165) is 11.1 Å². The first-order valence-electron chi connectivity index (χ1n) is 7.63. The fourth-order valence-corrected chi connectivity index (χ4v) is 2.66. The average molecular weight is 345 g/mol. The van der Waals surface area contributed by atoms with Crippen molar-refractivity contribution in [3.8, 4) is 5.75 Å². The maximum atomic E-state index is 12.3. The molecule has 0 fully saturated rings. The monoisotopic (exact) mass is 344 g/mol. The second kappa shape index (κ2) is 6.93. The molecule has 0 saturated heterocycles. The van der Waals surface area contributed by atoms with Crippen molar-refractivity contribution < 1.29 is 14.3 Å². The number of amides is 2. The molecule has 2 aromatic carbocycles. The lowest BCUT2D eigenvalue weighted by molar-refractivity contribution is -0.116. The summed E-state index contributed by atoms with van der Waals surface area (Å²) in [6, 6.07) is 10.7. The van der Waals surface area contributed by atoms with Crippen molar-refractivity contribution in [1.29, 1.82) is 0 Å². The van der Waals surface area contributed by atoms with Gasteiger partial charge in [0.1, 0.15) is 5.75 Å². The molecule has 2 aromatic rings. The lowest BCUT2D eigenvalue weighted by Crippen LogP contribution is -2.15. The maximum Gasteiger partial charge on any atom is 0.228 e. The number of nitrogens with one attached hydrogen (secondary N) is 2. The predicted molar refractivity (Wildman–Crippen MR) is 93.7 cm³/mol. The normalized spacial score (nSPS) is 13.3. The van der Waals surface area contributed by atoms with E-state index >= 15 is 0 Å². The van der Waals surface area contributed by atoms with Crippen LogP contribution in [0.15, 0.2) is 36.4 Å². The molecule has 24 heavy (non-hydrogen) atoms. The molecule has 6 heteroatoms. The Kier molecular flexibility index (Phi) is 4.71. The van der Waals surface area contributed by atoms with Gasteiger partial charge in [0.25, 0.3) is 0 Å². The summed E-state index contributed by atoms with van der Waals surface area (Å²) in [5.41, 5.74) is 3.02. The highest BCUT2D eigenvalue weighted by molar-refractivity contribution is 6.31. The number of benzene rings is 2. The second-order valence-electron chi connectivity index (χ2n) is 5.66. The maximum absolute atomic E-state index is 12.3. The fraction of sp³-hybridized carbons (Fsp3) is 0.222. The van der Waals surface area contributed by atoms with E-state index in [1.807, 2.05) is 19.1 Å². The largest absolute Gasteiger partial charge is 0.491 e. The van der Waals surface area contributed by atoms with E-state index in [1.165, 1.54) is 0 Å². The standard InChI is InChI=1S/C18H17ClN2O3/c1-11-2-4-13(19)10-14(11)20-18(23)9-12-3-5-16-15(8-12)21-17(22)6-7-24-16/h2-5,8,10H,6-7,9H2,1H3,(H,20,23)(H,21,22). The van der Waals surface area contributed by atoms with Crippen molar-refractivity contribution >= 4 is 34.8 Å². The Morgan fingerprint density at radius 1 is 1.29 bits per heavy atom. The van der Waals surface area contributed by atoms with Gasteiger partial charge in [0.15, 0.2) is 0 Å². The van der Waals surface area contributed by atoms with Crippen molar-refractivity contribution in [2.75, 3.05) is 17.2 Å². The van der Waals surface area contributed by atoms with Crippen molar-refractivity contribution in [3.63, 3.8) is 0 Å². The molecule has 1 aliphatic rings. The minimum Gasteiger partial charge on any atom is -0.491 e. The molecule has 2 N–H and O–H groups in total. The number of aryl methyl sites for hydroxylation is 1. The molecule has 0 aromatic heterocycles. The Morgan fingerprint density at radius 2 is 2.12 bits per heavy atom. The summed E-state index contributed by atoms with van der Waals surface area (Å²) in [5.74, 6) is 0.377. The molecule has 0 atom stereocenters. The summed E-state index contributed by atoms with van der Waals surface area (Å²) < 4.78 is 5.50. The zero-order valence-corrected chi connectivity index (χ0v) is 13.9. The van der Waals surface area contributed by atoms with Crippen LogP contribution >= 0.6 is 11.6 Å². The van der Waals surface area contributed by atoms with E-state index in [2.05, 4.69) is 10.6 Å². The Labute approximate surface area is 145 Å². The zero-order chi connectivity index (χ0) is 17.1. The average Bonchev–Trinajstić information content (AvgIpc) is 2.71. The summed E-state index contributed by atoms with van der Waals surface area (Å²) in [5, 5.41) is 6.22. The zero-order valence-electron chi connectivity index (χ0n) is 13.2. The van der Waals surface area contributed by atoms with Crippen molar-refractivity contribution in [1.82, 2.24) is 0 Å². The van der Waals surface area contributed by atoms with Crippen LogP contribution in [0.4, 0.5) is 11.4 Å². The van der Waals surface area contributed by atoms with E-state index < -0.39 is 0 Å². The molecular formula is C18H17ClN2O3. The van der Waals surface area contributed by atoms with Crippen LogP contribution in [0.3, 0.4) is 0 Å². The first-order chi connectivity index (χ1) is 11.5. The van der Waals surface area contributed by atoms with Crippen LogP contribution < -0.4 is 15.4 Å². The van der Waals surface area contributed by atoms with Crippen LogP contribution in [-0.4, -0.2) is 18.4 Å². The molecule has 1 heterocycles. The summed E-state index contributed by atoms with van der Waals surface area (Å²) in [4.78, 5) is 23.9. The van der Waals surface area contributed by atoms with Gasteiger partial charge in [-0.15, -0.1) is 0 Å². The molecule has 124 valence electrons. The molecule has 0 saturated carbocycles. The van der Waals surface area contributed by atoms with Crippen LogP contribution in [0.5, 0.6) is 5.75 Å². The molecule has 0 spiro atoms. The van der Waals surface area contributed by atoms with Gasteiger partial charge >= 0.3 is 0 Å². The highest BCUT2D eigenvalue weighted by Gasteiger charge is 2.15. The number of hydrogen-bond acceptors (Lipinski definition) is 3. The van der Waals surface area contributed by atoms with Gasteiger partial charge in [-0.25, -0.2) is 0 Å². The smallest absolute Gasteiger partial charge is 0.228 e. The van der Waals surface area contributed by atoms with Crippen LogP contribution in [0, 0.1) is 6.92 Å². The summed E-state index contributed by atoms with van der Waals surface area (Å²) in [6.45, 7) is 2.26. The third kappa shape index (κ3) is 3.86. The molecule has 0 bridgehead atoms. The Hall–Kier alpha value is -2.53. The Morgan fingerprint density at radius 3 is 2.96 bits per heavy atom. The van der Waals surface area contributed by atoms with Gasteiger partial charge in [-0.05, 0) is 42.3 Å². The quantitative estimate of drug-likeness (QED) is 0.894. The van der Waals surface area contributed by atoms with E-state index in [-0.39, 0.29) is 18.2 Å². The molecule has 5 nitrogen and oxygen atoms in total. The van der Waals surface area contributed by atoms with Crippen molar-refractivity contribution in [3.05, 3.63) is 52.5 Å². The van der Waals surface area contributed by atoms with E-state index in [9.17, 15) is 9.59 Å². The number of carbonyl (C=O) groups excluding carboxylic acids is 2. The van der Waals surface area contributed by atoms with Crippen LogP contribution in [0.25, 0.3) is 0 Å². The summed E-state index contributed by atoms with van der Waals surface area (Å²) in [7, 11) is 0. The third-order valence-electron chi connectivity index (χ3n) is 3.74. The van der Waals surface area contributed by atoms with Crippen LogP contribution in [0.1, 0.15) is 17.5 Å². The predicted octanol–water partition coefficient (Wildman–Crippen LogP) is 3.55. The molecule has 0 aliphatic carbocycles. The number of anilines is 2. The van der Waals surface area contributed by atoms with Crippen LogP contribution in [0.2, 0.25) is 5.02 Å². The fourth-order valence-electron chi connectivity index (χ4n) is 2.49. The molecule has 0 radical (unpaired) electrons. The molecule has 1 aliphatic heterocycles. The number of rotatable bonds is 3. The van der Waals surface area contributed by atoms with Gasteiger partial charge in [-0.2, -0.15) is 0 Å². The van der Waals surface area contributed by atoms with Gasteiger partial charge in [-0.1, -0.05) is 23.7 Å². The molecular weight excluding hydrogens is 328 g/mol. The highest BCUT2D eigenvalue weighted by Crippen LogP contribution is 2.28. The number of hydrogen-bond donors (Lipinski definition) is 2. The van der Waals surface area contributed by atoms with Gasteiger partial charge < -0.3 is 15.4 Å². The second-order valence-corrected chi connectivity index (χ2v) is 6.10. The van der Waals surface area contributed by atoms with Crippen molar-refractivity contribution in [2.24, 2.45) is 0 Å². The first-order valence-corrected chi connectivity index (χ1v) is 8.00. The number of ether oxygens (including phenoxy) is 1. The molecule has 2 amide bonds. The summed E-state index contributed by atoms with van der Waals surface area (Å²) in [6.07, 6.45) is 0.508. The van der Waals surface area contributed by atoms with Crippen LogP contribution in [-0.2, 0) is 16.0 Å². The number of carbonyl (C=O) groups is 2. The Bertz CT molecular complexity index is 805. The van der Waals surface area contributed by atoms with Gasteiger partial charge in [0, 0.05) is 10.7 Å². The number of halogens is 1. The molecule has 3 rings (SSSR count). The van der Waals surface area contributed by atoms with Gasteiger partial charge in [0.2, 0.25) is 11.8 Å². The van der Waals surface area contributed by atoms with E-state index in [1.54, 1.807) is 24.3 Å². The summed E-state index contributed by atoms with van der Waals surface area (Å²) >= 11 is 5.96. The molecule has 0 unspecified atom stereocenters. The van der Waals surface area contributed by atoms with Gasteiger partial charge in [-0.3, -0.25) is 9.59 Å². The SMILES string of the molecule is Cc1ccc(Cl)cc1NC(=O)Cc1ccc2c(c1)NC(=O)CCO2. The third-order valence-corrected chi connectivity index (χ3v) is 3.98.